The number of piperidine rings is 1. The summed E-state index contributed by atoms with van der Waals surface area (Å²) in [5.41, 5.74) is 0.536. The molecule has 25 heavy (non-hydrogen) atoms. The Morgan fingerprint density at radius 2 is 2.16 bits per heavy atom. The van der Waals surface area contributed by atoms with Crippen molar-refractivity contribution in [1.29, 1.82) is 0 Å². The van der Waals surface area contributed by atoms with Crippen LogP contribution in [0.2, 0.25) is 0 Å². The molecule has 0 saturated carbocycles. The van der Waals surface area contributed by atoms with Gasteiger partial charge in [-0.15, -0.1) is 0 Å². The van der Waals surface area contributed by atoms with Gasteiger partial charge in [-0.25, -0.2) is 0 Å². The summed E-state index contributed by atoms with van der Waals surface area (Å²) in [5, 5.41) is 0. The summed E-state index contributed by atoms with van der Waals surface area (Å²) in [4.78, 5) is 16.6. The van der Waals surface area contributed by atoms with Gasteiger partial charge in [-0.3, -0.25) is 9.69 Å². The van der Waals surface area contributed by atoms with E-state index in [0.717, 1.165) is 51.3 Å². The van der Waals surface area contributed by atoms with Crippen LogP contribution in [0.1, 0.15) is 35.4 Å². The van der Waals surface area contributed by atoms with E-state index in [1.807, 2.05) is 17.0 Å². The van der Waals surface area contributed by atoms with Gasteiger partial charge in [0, 0.05) is 19.1 Å². The van der Waals surface area contributed by atoms with Crippen molar-refractivity contribution in [2.24, 2.45) is 0 Å². The number of furan rings is 2. The van der Waals surface area contributed by atoms with Crippen molar-refractivity contribution in [3.8, 4) is 0 Å². The van der Waals surface area contributed by atoms with E-state index in [9.17, 15) is 4.79 Å². The molecule has 2 fully saturated rings. The third kappa shape index (κ3) is 3.37. The standard InChI is InChI=1S/C19H24N2O4/c1-20(12-17-3-2-9-24-17)16-11-19(25-14-16)5-7-21(8-6-19)18(22)15-4-10-23-13-15/h2-4,9-10,13,16H,5-8,11-12,14H2,1H3/t16-/m1/s1. The first-order chi connectivity index (χ1) is 12.2. The zero-order valence-electron chi connectivity index (χ0n) is 14.5. The number of amides is 1. The van der Waals surface area contributed by atoms with Crippen LogP contribution < -0.4 is 0 Å². The van der Waals surface area contributed by atoms with Crippen LogP contribution in [0.15, 0.2) is 45.8 Å². The number of carbonyl (C=O) groups is 1. The first-order valence-electron chi connectivity index (χ1n) is 8.83. The Morgan fingerprint density at radius 1 is 1.32 bits per heavy atom. The maximum Gasteiger partial charge on any atom is 0.257 e. The van der Waals surface area contributed by atoms with Gasteiger partial charge in [-0.2, -0.15) is 0 Å². The number of hydrogen-bond donors (Lipinski definition) is 0. The van der Waals surface area contributed by atoms with Crippen LogP contribution in [-0.4, -0.2) is 54.1 Å². The second kappa shape index (κ2) is 6.69. The maximum absolute atomic E-state index is 12.4. The highest BCUT2D eigenvalue weighted by Crippen LogP contribution is 2.38. The van der Waals surface area contributed by atoms with Crippen LogP contribution in [-0.2, 0) is 11.3 Å². The van der Waals surface area contributed by atoms with Crippen molar-refractivity contribution < 1.29 is 18.4 Å². The lowest BCUT2D eigenvalue weighted by atomic mass is 9.87. The van der Waals surface area contributed by atoms with Gasteiger partial charge in [0.15, 0.2) is 0 Å². The molecule has 0 aliphatic carbocycles. The van der Waals surface area contributed by atoms with Gasteiger partial charge in [-0.05, 0) is 44.5 Å². The number of likely N-dealkylation sites (N-methyl/N-ethyl adjacent to an activating group) is 1. The van der Waals surface area contributed by atoms with Crippen LogP contribution in [0.25, 0.3) is 0 Å². The van der Waals surface area contributed by atoms with Gasteiger partial charge in [0.1, 0.15) is 12.0 Å². The Morgan fingerprint density at radius 3 is 2.84 bits per heavy atom. The van der Waals surface area contributed by atoms with E-state index in [4.69, 9.17) is 13.6 Å². The van der Waals surface area contributed by atoms with Crippen molar-refractivity contribution in [3.05, 3.63) is 48.3 Å². The number of carbonyl (C=O) groups excluding carboxylic acids is 1. The fraction of sp³-hybridized carbons (Fsp3) is 0.526. The molecule has 0 radical (unpaired) electrons. The van der Waals surface area contributed by atoms with Gasteiger partial charge in [0.2, 0.25) is 0 Å². The van der Waals surface area contributed by atoms with E-state index in [2.05, 4.69) is 11.9 Å². The van der Waals surface area contributed by atoms with E-state index in [0.29, 0.717) is 11.6 Å². The van der Waals surface area contributed by atoms with Crippen molar-refractivity contribution in [3.63, 3.8) is 0 Å². The summed E-state index contributed by atoms with van der Waals surface area (Å²) < 4.78 is 16.7. The molecule has 1 atom stereocenters. The van der Waals surface area contributed by atoms with Gasteiger partial charge >= 0.3 is 0 Å². The third-order valence-electron chi connectivity index (χ3n) is 5.53. The van der Waals surface area contributed by atoms with Gasteiger partial charge in [0.25, 0.3) is 5.91 Å². The summed E-state index contributed by atoms with van der Waals surface area (Å²) in [7, 11) is 2.12. The van der Waals surface area contributed by atoms with Crippen LogP contribution in [0.5, 0.6) is 0 Å². The largest absolute Gasteiger partial charge is 0.472 e. The molecule has 0 aromatic carbocycles. The number of ether oxygens (including phenoxy) is 1. The number of likely N-dealkylation sites (tertiary alicyclic amines) is 1. The fourth-order valence-corrected chi connectivity index (χ4v) is 3.92. The van der Waals surface area contributed by atoms with Crippen molar-refractivity contribution in [2.75, 3.05) is 26.7 Å². The molecule has 134 valence electrons. The highest BCUT2D eigenvalue weighted by molar-refractivity contribution is 5.93. The number of hydrogen-bond acceptors (Lipinski definition) is 5. The van der Waals surface area contributed by atoms with Crippen LogP contribution in [0.4, 0.5) is 0 Å². The molecule has 1 spiro atoms. The Kier molecular flexibility index (Phi) is 4.39. The second-order valence-electron chi connectivity index (χ2n) is 7.15. The molecule has 2 saturated heterocycles. The average Bonchev–Trinajstić information content (AvgIpc) is 3.37. The topological polar surface area (TPSA) is 59.1 Å². The number of nitrogens with zero attached hydrogens (tertiary/aromatic N) is 2. The van der Waals surface area contributed by atoms with E-state index in [1.165, 1.54) is 12.5 Å². The first-order valence-corrected chi connectivity index (χ1v) is 8.83. The summed E-state index contributed by atoms with van der Waals surface area (Å²) in [6.07, 6.45) is 7.56. The van der Waals surface area contributed by atoms with Gasteiger partial charge in [-0.1, -0.05) is 0 Å². The monoisotopic (exact) mass is 344 g/mol. The van der Waals surface area contributed by atoms with Crippen LogP contribution in [0, 0.1) is 0 Å². The molecule has 6 nitrogen and oxygen atoms in total. The second-order valence-corrected chi connectivity index (χ2v) is 7.15. The molecule has 2 aromatic heterocycles. The molecule has 2 aliphatic heterocycles. The van der Waals surface area contributed by atoms with Crippen molar-refractivity contribution >= 4 is 5.91 Å². The maximum atomic E-state index is 12.4. The molecule has 2 aliphatic rings. The van der Waals surface area contributed by atoms with Gasteiger partial charge < -0.3 is 18.5 Å². The van der Waals surface area contributed by atoms with Crippen LogP contribution >= 0.6 is 0 Å². The molecule has 6 heteroatoms. The zero-order valence-corrected chi connectivity index (χ0v) is 14.5. The lowest BCUT2D eigenvalue weighted by Crippen LogP contribution is -2.47. The highest BCUT2D eigenvalue weighted by atomic mass is 16.5. The number of rotatable bonds is 4. The fourth-order valence-electron chi connectivity index (χ4n) is 3.92. The molecule has 0 bridgehead atoms. The summed E-state index contributed by atoms with van der Waals surface area (Å²) in [5.74, 6) is 1.03. The smallest absolute Gasteiger partial charge is 0.257 e. The van der Waals surface area contributed by atoms with Crippen LogP contribution in [0.3, 0.4) is 0 Å². The quantitative estimate of drug-likeness (QED) is 0.853. The Balaban J connectivity index is 1.32. The SMILES string of the molecule is CN(Cc1ccco1)[C@H]1COC2(CCN(C(=O)c3ccoc3)CC2)C1. The predicted molar refractivity (Wildman–Crippen MR) is 91.1 cm³/mol. The molecule has 0 unspecified atom stereocenters. The Labute approximate surface area is 147 Å². The Bertz CT molecular complexity index is 687. The zero-order chi connectivity index (χ0) is 17.3. The molecular weight excluding hydrogens is 320 g/mol. The minimum atomic E-state index is -0.0880. The first kappa shape index (κ1) is 16.4. The molecular formula is C19H24N2O4. The minimum Gasteiger partial charge on any atom is -0.472 e. The highest BCUT2D eigenvalue weighted by Gasteiger charge is 2.44. The van der Waals surface area contributed by atoms with E-state index in [1.54, 1.807) is 12.3 Å². The summed E-state index contributed by atoms with van der Waals surface area (Å²) in [6, 6.07) is 6.03. The summed E-state index contributed by atoms with van der Waals surface area (Å²) in [6.45, 7) is 3.01. The van der Waals surface area contributed by atoms with Crippen molar-refractivity contribution in [1.82, 2.24) is 9.80 Å². The average molecular weight is 344 g/mol. The molecule has 2 aromatic rings. The lowest BCUT2D eigenvalue weighted by molar-refractivity contribution is -0.0393. The molecule has 1 amide bonds. The minimum absolute atomic E-state index is 0.0492. The normalized spacial score (nSPS) is 22.8. The van der Waals surface area contributed by atoms with E-state index in [-0.39, 0.29) is 11.5 Å². The molecule has 4 heterocycles. The summed E-state index contributed by atoms with van der Waals surface area (Å²) >= 11 is 0. The third-order valence-corrected chi connectivity index (χ3v) is 5.53. The lowest BCUT2D eigenvalue weighted by Gasteiger charge is -2.38. The van der Waals surface area contributed by atoms with Gasteiger partial charge in [0.05, 0.1) is 36.8 Å². The Hall–Kier alpha value is -2.05. The van der Waals surface area contributed by atoms with E-state index < -0.39 is 0 Å². The predicted octanol–water partition coefficient (Wildman–Crippen LogP) is 2.77. The van der Waals surface area contributed by atoms with E-state index >= 15 is 0 Å². The molecule has 4 rings (SSSR count). The van der Waals surface area contributed by atoms with Crippen molar-refractivity contribution in [2.45, 2.75) is 37.5 Å². The molecule has 0 N–H and O–H groups in total.